The molecule has 1 aromatic rings. The topological polar surface area (TPSA) is 17.1 Å². The van der Waals surface area contributed by atoms with Crippen LogP contribution in [0.4, 0.5) is 13.2 Å². The molecule has 0 saturated heterocycles. The monoisotopic (exact) mass is 187 g/mol. The Labute approximate surface area is 73.2 Å². The molecule has 1 rings (SSSR count). The molecule has 4 heteroatoms. The van der Waals surface area contributed by atoms with Gasteiger partial charge >= 0.3 is 6.18 Å². The van der Waals surface area contributed by atoms with Crippen molar-refractivity contribution < 1.29 is 18.0 Å². The maximum Gasteiger partial charge on any atom is 0.454 e. The minimum absolute atomic E-state index is 0.375. The zero-order chi connectivity index (χ0) is 10.1. The van der Waals surface area contributed by atoms with E-state index >= 15 is 0 Å². The first-order valence-electron chi connectivity index (χ1n) is 3.45. The van der Waals surface area contributed by atoms with Gasteiger partial charge in [0.25, 0.3) is 5.78 Å². The van der Waals surface area contributed by atoms with E-state index in [4.69, 9.17) is 0 Å². The lowest BCUT2D eigenvalue weighted by atomic mass is 10.1. The third kappa shape index (κ3) is 2.31. The second-order valence-electron chi connectivity index (χ2n) is 2.53. The summed E-state index contributed by atoms with van der Waals surface area (Å²) in [6, 6.07) is 5.11. The maximum absolute atomic E-state index is 11.9. The first-order valence-corrected chi connectivity index (χ1v) is 3.45. The highest BCUT2D eigenvalue weighted by molar-refractivity contribution is 6.00. The molecule has 69 valence electrons. The van der Waals surface area contributed by atoms with Crippen LogP contribution < -0.4 is 0 Å². The Morgan fingerprint density at radius 2 is 1.92 bits per heavy atom. The number of halogens is 3. The van der Waals surface area contributed by atoms with Gasteiger partial charge in [0.05, 0.1) is 0 Å². The van der Waals surface area contributed by atoms with Gasteiger partial charge in [0, 0.05) is 5.56 Å². The first kappa shape index (κ1) is 9.77. The van der Waals surface area contributed by atoms with Crippen LogP contribution in [0.1, 0.15) is 15.9 Å². The lowest BCUT2D eigenvalue weighted by molar-refractivity contribution is -0.0885. The molecular weight excluding hydrogens is 181 g/mol. The number of carbonyl (C=O) groups is 1. The summed E-state index contributed by atoms with van der Waals surface area (Å²) in [7, 11) is 0. The fourth-order valence-electron chi connectivity index (χ4n) is 0.876. The van der Waals surface area contributed by atoms with E-state index in [1.54, 1.807) is 0 Å². The second-order valence-corrected chi connectivity index (χ2v) is 2.53. The minimum Gasteiger partial charge on any atom is -0.284 e. The van der Waals surface area contributed by atoms with E-state index in [-0.39, 0.29) is 5.56 Å². The average Bonchev–Trinajstić information content (AvgIpc) is 2.01. The van der Waals surface area contributed by atoms with Crippen LogP contribution in [0, 0.1) is 6.92 Å². The molecule has 1 aromatic carbocycles. The molecule has 0 heterocycles. The number of hydrogen-bond donors (Lipinski definition) is 0. The van der Waals surface area contributed by atoms with Gasteiger partial charge in [0.15, 0.2) is 0 Å². The summed E-state index contributed by atoms with van der Waals surface area (Å²) < 4.78 is 35.7. The Morgan fingerprint density at radius 3 is 2.38 bits per heavy atom. The standard InChI is InChI=1S/C9H6F3O/c1-6-3-2-4-7(5-6)8(13)9(10,11)12/h2-5H,1H2. The van der Waals surface area contributed by atoms with Crippen LogP contribution in [0.3, 0.4) is 0 Å². The quantitative estimate of drug-likeness (QED) is 0.617. The summed E-state index contributed by atoms with van der Waals surface area (Å²) in [5.74, 6) is -1.84. The molecule has 0 bridgehead atoms. The number of ketones is 1. The molecule has 0 aliphatic carbocycles. The SMILES string of the molecule is [CH2]c1cccc(C(=O)C(F)(F)F)c1. The summed E-state index contributed by atoms with van der Waals surface area (Å²) in [4.78, 5) is 10.7. The van der Waals surface area contributed by atoms with Crippen molar-refractivity contribution >= 4 is 5.78 Å². The van der Waals surface area contributed by atoms with Crippen LogP contribution in [0.2, 0.25) is 0 Å². The van der Waals surface area contributed by atoms with E-state index in [1.807, 2.05) is 0 Å². The van der Waals surface area contributed by atoms with Crippen LogP contribution in [-0.2, 0) is 0 Å². The van der Waals surface area contributed by atoms with E-state index in [0.717, 1.165) is 12.1 Å². The zero-order valence-corrected chi connectivity index (χ0v) is 6.56. The Balaban J connectivity index is 3.03. The number of hydrogen-bond acceptors (Lipinski definition) is 1. The van der Waals surface area contributed by atoms with Crippen molar-refractivity contribution in [1.29, 1.82) is 0 Å². The van der Waals surface area contributed by atoms with Gasteiger partial charge < -0.3 is 0 Å². The predicted molar refractivity (Wildman–Crippen MR) is 41.3 cm³/mol. The summed E-state index contributed by atoms with van der Waals surface area (Å²) in [5.41, 5.74) is 0.00935. The third-order valence-corrected chi connectivity index (χ3v) is 1.45. The van der Waals surface area contributed by atoms with Gasteiger partial charge in [-0.1, -0.05) is 18.2 Å². The lowest BCUT2D eigenvalue weighted by Gasteiger charge is -2.04. The van der Waals surface area contributed by atoms with Gasteiger partial charge in [-0.2, -0.15) is 13.2 Å². The maximum atomic E-state index is 11.9. The van der Waals surface area contributed by atoms with Gasteiger partial charge in [0.2, 0.25) is 0 Å². The van der Waals surface area contributed by atoms with E-state index in [9.17, 15) is 18.0 Å². The number of Topliss-reactive ketones (excluding diaryl/α,β-unsaturated/α-hetero) is 1. The molecule has 0 aromatic heterocycles. The molecule has 0 saturated carbocycles. The van der Waals surface area contributed by atoms with Gasteiger partial charge in [-0.25, -0.2) is 0 Å². The Kier molecular flexibility index (Phi) is 2.40. The van der Waals surface area contributed by atoms with E-state index in [0.29, 0.717) is 5.56 Å². The number of benzene rings is 1. The lowest BCUT2D eigenvalue weighted by Crippen LogP contribution is -2.22. The van der Waals surface area contributed by atoms with E-state index in [2.05, 4.69) is 6.92 Å². The average molecular weight is 187 g/mol. The van der Waals surface area contributed by atoms with Gasteiger partial charge in [-0.05, 0) is 18.6 Å². The summed E-state index contributed by atoms with van der Waals surface area (Å²) in [6.45, 7) is 3.43. The van der Waals surface area contributed by atoms with Gasteiger partial charge in [0.1, 0.15) is 0 Å². The molecule has 0 N–H and O–H groups in total. The highest BCUT2D eigenvalue weighted by atomic mass is 19.4. The summed E-state index contributed by atoms with van der Waals surface area (Å²) in [5, 5.41) is 0. The van der Waals surface area contributed by atoms with Crippen LogP contribution in [0.15, 0.2) is 24.3 Å². The van der Waals surface area contributed by atoms with Crippen molar-refractivity contribution in [2.45, 2.75) is 6.18 Å². The summed E-state index contributed by atoms with van der Waals surface area (Å²) in [6.07, 6.45) is -4.81. The van der Waals surface area contributed by atoms with Crippen molar-refractivity contribution in [3.8, 4) is 0 Å². The first-order chi connectivity index (χ1) is 5.91. The van der Waals surface area contributed by atoms with Crippen LogP contribution in [-0.4, -0.2) is 12.0 Å². The fourth-order valence-corrected chi connectivity index (χ4v) is 0.876. The Hall–Kier alpha value is -1.32. The van der Waals surface area contributed by atoms with Crippen molar-refractivity contribution in [3.05, 3.63) is 42.3 Å². The highest BCUT2D eigenvalue weighted by Gasteiger charge is 2.39. The molecule has 0 aliphatic rings. The van der Waals surface area contributed by atoms with E-state index in [1.165, 1.54) is 12.1 Å². The molecule has 0 unspecified atom stereocenters. The third-order valence-electron chi connectivity index (χ3n) is 1.45. The zero-order valence-electron chi connectivity index (χ0n) is 6.56. The Bertz CT molecular complexity index is 328. The van der Waals surface area contributed by atoms with Crippen molar-refractivity contribution in [2.24, 2.45) is 0 Å². The number of rotatable bonds is 1. The number of carbonyl (C=O) groups excluding carboxylic acids is 1. The van der Waals surface area contributed by atoms with Crippen molar-refractivity contribution in [1.82, 2.24) is 0 Å². The van der Waals surface area contributed by atoms with Crippen LogP contribution in [0.25, 0.3) is 0 Å². The highest BCUT2D eigenvalue weighted by Crippen LogP contribution is 2.21. The smallest absolute Gasteiger partial charge is 0.284 e. The fraction of sp³-hybridized carbons (Fsp3) is 0.111. The largest absolute Gasteiger partial charge is 0.454 e. The van der Waals surface area contributed by atoms with Gasteiger partial charge in [-0.3, -0.25) is 4.79 Å². The van der Waals surface area contributed by atoms with Crippen LogP contribution in [0.5, 0.6) is 0 Å². The number of alkyl halides is 3. The minimum atomic E-state index is -4.81. The molecular formula is C9H6F3O. The molecule has 1 radical (unpaired) electrons. The van der Waals surface area contributed by atoms with Crippen molar-refractivity contribution in [3.63, 3.8) is 0 Å². The molecule has 0 atom stereocenters. The molecule has 1 nitrogen and oxygen atoms in total. The Morgan fingerprint density at radius 1 is 1.31 bits per heavy atom. The predicted octanol–water partition coefficient (Wildman–Crippen LogP) is 2.61. The second kappa shape index (κ2) is 3.20. The molecule has 0 amide bonds. The normalized spacial score (nSPS) is 11.4. The molecule has 0 fully saturated rings. The van der Waals surface area contributed by atoms with E-state index < -0.39 is 12.0 Å². The summed E-state index contributed by atoms with van der Waals surface area (Å²) >= 11 is 0. The molecule has 0 aliphatic heterocycles. The molecule has 13 heavy (non-hydrogen) atoms. The molecule has 0 spiro atoms. The van der Waals surface area contributed by atoms with Gasteiger partial charge in [-0.15, -0.1) is 0 Å². The van der Waals surface area contributed by atoms with Crippen molar-refractivity contribution in [2.75, 3.05) is 0 Å². The van der Waals surface area contributed by atoms with Crippen LogP contribution >= 0.6 is 0 Å².